The maximum absolute atomic E-state index is 12.2. The van der Waals surface area contributed by atoms with Crippen molar-refractivity contribution in [3.63, 3.8) is 0 Å². The van der Waals surface area contributed by atoms with Gasteiger partial charge in [0.1, 0.15) is 5.75 Å². The summed E-state index contributed by atoms with van der Waals surface area (Å²) < 4.78 is 15.9. The number of ether oxygens (including phenoxy) is 3. The molecule has 2 aromatic carbocycles. The fourth-order valence-electron chi connectivity index (χ4n) is 3.77. The molecule has 0 unspecified atom stereocenters. The molecule has 2 aromatic rings. The van der Waals surface area contributed by atoms with E-state index in [4.69, 9.17) is 19.5 Å². The number of carbonyl (C=O) groups excluding carboxylic acids is 3. The Kier molecular flexibility index (Phi) is 8.98. The average Bonchev–Trinajstić information content (AvgIpc) is 2.87. The average molecular weight is 462 g/mol. The standard InChI is InChI=1S/C27H27NO6/c1-2-25(29)32-17-21-3-5-22(6-4-21)18-33-26(30)15-19-9-13-24(14-10-19)34-27(31)23-11-7-20(16-28)8-12-23/h2,7-14,21-22H,1,3-6,15,17-18H2. The molecule has 0 saturated heterocycles. The van der Waals surface area contributed by atoms with Crippen LogP contribution in [0, 0.1) is 23.2 Å². The summed E-state index contributed by atoms with van der Waals surface area (Å²) in [5, 5.41) is 8.83. The number of nitrogens with zero attached hydrogens (tertiary/aromatic N) is 1. The third-order valence-corrected chi connectivity index (χ3v) is 5.81. The minimum atomic E-state index is -0.523. The zero-order valence-corrected chi connectivity index (χ0v) is 18.9. The van der Waals surface area contributed by atoms with Crippen molar-refractivity contribution in [2.75, 3.05) is 13.2 Å². The van der Waals surface area contributed by atoms with Crippen molar-refractivity contribution in [3.8, 4) is 11.8 Å². The zero-order valence-electron chi connectivity index (χ0n) is 18.9. The molecule has 1 aliphatic carbocycles. The summed E-state index contributed by atoms with van der Waals surface area (Å²) in [5.41, 5.74) is 1.57. The van der Waals surface area contributed by atoms with E-state index < -0.39 is 11.9 Å². The molecule has 0 heterocycles. The first kappa shape index (κ1) is 24.7. The first-order valence-corrected chi connectivity index (χ1v) is 11.2. The Bertz CT molecular complexity index is 1040. The van der Waals surface area contributed by atoms with Gasteiger partial charge in [-0.2, -0.15) is 5.26 Å². The first-order valence-electron chi connectivity index (χ1n) is 11.2. The number of esters is 3. The van der Waals surface area contributed by atoms with Crippen LogP contribution >= 0.6 is 0 Å². The van der Waals surface area contributed by atoms with Crippen molar-refractivity contribution in [1.82, 2.24) is 0 Å². The normalized spacial score (nSPS) is 17.1. The van der Waals surface area contributed by atoms with Crippen LogP contribution in [0.3, 0.4) is 0 Å². The molecule has 7 heteroatoms. The lowest BCUT2D eigenvalue weighted by molar-refractivity contribution is -0.145. The molecule has 0 N–H and O–H groups in total. The van der Waals surface area contributed by atoms with Gasteiger partial charge >= 0.3 is 17.9 Å². The van der Waals surface area contributed by atoms with Crippen molar-refractivity contribution < 1.29 is 28.6 Å². The van der Waals surface area contributed by atoms with E-state index >= 15 is 0 Å². The molecule has 0 amide bonds. The predicted octanol–water partition coefficient (Wildman–Crippen LogP) is 4.40. The monoisotopic (exact) mass is 461 g/mol. The van der Waals surface area contributed by atoms with E-state index in [0.29, 0.717) is 41.9 Å². The Hall–Kier alpha value is -3.92. The Labute approximate surface area is 198 Å². The summed E-state index contributed by atoms with van der Waals surface area (Å²) in [6, 6.07) is 14.9. The summed E-state index contributed by atoms with van der Waals surface area (Å²) in [6.45, 7) is 4.19. The van der Waals surface area contributed by atoms with Gasteiger partial charge in [-0.25, -0.2) is 9.59 Å². The van der Waals surface area contributed by atoms with Crippen molar-refractivity contribution in [2.45, 2.75) is 32.1 Å². The number of hydrogen-bond acceptors (Lipinski definition) is 7. The molecule has 1 saturated carbocycles. The second-order valence-electron chi connectivity index (χ2n) is 8.30. The molecule has 34 heavy (non-hydrogen) atoms. The molecule has 7 nitrogen and oxygen atoms in total. The van der Waals surface area contributed by atoms with Gasteiger partial charge in [0.15, 0.2) is 0 Å². The molecule has 0 bridgehead atoms. The molecule has 0 radical (unpaired) electrons. The summed E-state index contributed by atoms with van der Waals surface area (Å²) >= 11 is 0. The number of carbonyl (C=O) groups is 3. The highest BCUT2D eigenvalue weighted by Gasteiger charge is 2.23. The summed E-state index contributed by atoms with van der Waals surface area (Å²) in [6.07, 6.45) is 5.05. The Morgan fingerprint density at radius 1 is 0.912 bits per heavy atom. The van der Waals surface area contributed by atoms with Crippen LogP contribution in [0.15, 0.2) is 61.2 Å². The molecule has 1 aliphatic rings. The minimum absolute atomic E-state index is 0.136. The topological polar surface area (TPSA) is 103 Å². The molecule has 176 valence electrons. The summed E-state index contributed by atoms with van der Waals surface area (Å²) in [7, 11) is 0. The minimum Gasteiger partial charge on any atom is -0.465 e. The van der Waals surface area contributed by atoms with Crippen molar-refractivity contribution in [3.05, 3.63) is 77.9 Å². The van der Waals surface area contributed by atoms with Crippen LogP contribution in [-0.4, -0.2) is 31.1 Å². The molecule has 0 spiro atoms. The Morgan fingerprint density at radius 2 is 1.50 bits per heavy atom. The quantitative estimate of drug-likeness (QED) is 0.310. The second kappa shape index (κ2) is 12.4. The van der Waals surface area contributed by atoms with Gasteiger partial charge < -0.3 is 14.2 Å². The molecular formula is C27H27NO6. The first-order chi connectivity index (χ1) is 16.5. The molecule has 1 fully saturated rings. The zero-order chi connectivity index (χ0) is 24.3. The number of nitriles is 1. The van der Waals surface area contributed by atoms with Gasteiger partial charge in [-0.3, -0.25) is 4.79 Å². The Balaban J connectivity index is 1.37. The van der Waals surface area contributed by atoms with E-state index in [1.165, 1.54) is 18.2 Å². The van der Waals surface area contributed by atoms with Crippen molar-refractivity contribution in [2.24, 2.45) is 11.8 Å². The second-order valence-corrected chi connectivity index (χ2v) is 8.30. The van der Waals surface area contributed by atoms with Gasteiger partial charge in [0.05, 0.1) is 36.8 Å². The predicted molar refractivity (Wildman–Crippen MR) is 124 cm³/mol. The summed E-state index contributed by atoms with van der Waals surface area (Å²) in [4.78, 5) is 35.6. The lowest BCUT2D eigenvalue weighted by Gasteiger charge is -2.27. The SMILES string of the molecule is C=CC(=O)OCC1CCC(COC(=O)Cc2ccc(OC(=O)c3ccc(C#N)cc3)cc2)CC1. The van der Waals surface area contributed by atoms with E-state index in [0.717, 1.165) is 31.2 Å². The van der Waals surface area contributed by atoms with Crippen LogP contribution < -0.4 is 4.74 Å². The van der Waals surface area contributed by atoms with Gasteiger partial charge in [-0.05, 0) is 79.5 Å². The largest absolute Gasteiger partial charge is 0.465 e. The maximum atomic E-state index is 12.2. The van der Waals surface area contributed by atoms with Crippen molar-refractivity contribution in [1.29, 1.82) is 5.26 Å². The Morgan fingerprint density at radius 3 is 2.06 bits per heavy atom. The highest BCUT2D eigenvalue weighted by atomic mass is 16.5. The van der Waals surface area contributed by atoms with Crippen LogP contribution in [0.5, 0.6) is 5.75 Å². The van der Waals surface area contributed by atoms with Crippen molar-refractivity contribution >= 4 is 17.9 Å². The number of hydrogen-bond donors (Lipinski definition) is 0. The molecule has 0 atom stereocenters. The fraction of sp³-hybridized carbons (Fsp3) is 0.333. The van der Waals surface area contributed by atoms with Crippen LogP contribution in [0.1, 0.15) is 47.2 Å². The fourth-order valence-corrected chi connectivity index (χ4v) is 3.77. The lowest BCUT2D eigenvalue weighted by atomic mass is 9.83. The maximum Gasteiger partial charge on any atom is 0.343 e. The van der Waals surface area contributed by atoms with E-state index in [1.807, 2.05) is 6.07 Å². The van der Waals surface area contributed by atoms with E-state index in [1.54, 1.807) is 36.4 Å². The third-order valence-electron chi connectivity index (χ3n) is 5.81. The van der Waals surface area contributed by atoms with Gasteiger partial charge in [0.2, 0.25) is 0 Å². The van der Waals surface area contributed by atoms with Gasteiger partial charge in [-0.15, -0.1) is 0 Å². The van der Waals surface area contributed by atoms with Gasteiger partial charge in [-0.1, -0.05) is 18.7 Å². The van der Waals surface area contributed by atoms with Gasteiger partial charge in [0.25, 0.3) is 0 Å². The van der Waals surface area contributed by atoms with Gasteiger partial charge in [0, 0.05) is 6.08 Å². The third kappa shape index (κ3) is 7.59. The highest BCUT2D eigenvalue weighted by molar-refractivity contribution is 5.91. The lowest BCUT2D eigenvalue weighted by Crippen LogP contribution is -2.24. The smallest absolute Gasteiger partial charge is 0.343 e. The highest BCUT2D eigenvalue weighted by Crippen LogP contribution is 2.29. The van der Waals surface area contributed by atoms with E-state index in [-0.39, 0.29) is 12.4 Å². The molecule has 0 aromatic heterocycles. The van der Waals surface area contributed by atoms with E-state index in [9.17, 15) is 14.4 Å². The number of rotatable bonds is 9. The van der Waals surface area contributed by atoms with Crippen LogP contribution in [0.25, 0.3) is 0 Å². The van der Waals surface area contributed by atoms with Crippen LogP contribution in [0.4, 0.5) is 0 Å². The van der Waals surface area contributed by atoms with Crippen LogP contribution in [-0.2, 0) is 25.5 Å². The van der Waals surface area contributed by atoms with Crippen LogP contribution in [0.2, 0.25) is 0 Å². The molecular weight excluding hydrogens is 434 g/mol. The summed E-state index contributed by atoms with van der Waals surface area (Å²) in [5.74, 6) is -0.190. The van der Waals surface area contributed by atoms with E-state index in [2.05, 4.69) is 6.58 Å². The number of benzene rings is 2. The molecule has 0 aliphatic heterocycles. The molecule has 3 rings (SSSR count).